The highest BCUT2D eigenvalue weighted by atomic mass is 16.5. The molecule has 0 saturated carbocycles. The average Bonchev–Trinajstić information content (AvgIpc) is 3.20. The Kier molecular flexibility index (Phi) is 5.65. The number of nitrogens with zero attached hydrogens (tertiary/aromatic N) is 2. The normalized spacial score (nSPS) is 16.4. The average molecular weight is 403 g/mol. The van der Waals surface area contributed by atoms with Gasteiger partial charge in [0, 0.05) is 11.9 Å². The molecule has 0 aliphatic heterocycles. The van der Waals surface area contributed by atoms with Crippen LogP contribution in [-0.2, 0) is 16.0 Å². The quantitative estimate of drug-likeness (QED) is 0.656. The van der Waals surface area contributed by atoms with Gasteiger partial charge in [0.1, 0.15) is 0 Å². The maximum Gasteiger partial charge on any atom is 0.338 e. The van der Waals surface area contributed by atoms with Crippen LogP contribution in [0.25, 0.3) is 5.69 Å². The van der Waals surface area contributed by atoms with E-state index in [9.17, 15) is 9.59 Å². The van der Waals surface area contributed by atoms with Gasteiger partial charge in [-0.25, -0.2) is 9.48 Å². The highest BCUT2D eigenvalue weighted by Gasteiger charge is 2.25. The highest BCUT2D eigenvalue weighted by molar-refractivity contribution is 5.92. The van der Waals surface area contributed by atoms with Crippen LogP contribution in [0.15, 0.2) is 60.8 Å². The van der Waals surface area contributed by atoms with Crippen molar-refractivity contribution in [3.63, 3.8) is 0 Å². The van der Waals surface area contributed by atoms with E-state index in [0.29, 0.717) is 5.56 Å². The first-order valence-electron chi connectivity index (χ1n) is 10.2. The number of carbonyl (C=O) groups is 2. The number of carbonyl (C=O) groups excluding carboxylic acids is 2. The molecule has 0 saturated heterocycles. The lowest BCUT2D eigenvalue weighted by Crippen LogP contribution is -2.39. The van der Waals surface area contributed by atoms with Gasteiger partial charge < -0.3 is 10.1 Å². The maximum atomic E-state index is 12.6. The van der Waals surface area contributed by atoms with Gasteiger partial charge in [-0.05, 0) is 74.6 Å². The zero-order valence-corrected chi connectivity index (χ0v) is 17.2. The fourth-order valence-corrected chi connectivity index (χ4v) is 3.85. The van der Waals surface area contributed by atoms with Crippen LogP contribution in [0.4, 0.5) is 0 Å². The molecular formula is C24H25N3O3. The molecule has 0 fully saturated rings. The van der Waals surface area contributed by atoms with Crippen molar-refractivity contribution in [1.29, 1.82) is 0 Å². The molecule has 1 N–H and O–H groups in total. The van der Waals surface area contributed by atoms with Gasteiger partial charge in [-0.3, -0.25) is 4.79 Å². The van der Waals surface area contributed by atoms with Crippen LogP contribution >= 0.6 is 0 Å². The predicted molar refractivity (Wildman–Crippen MR) is 113 cm³/mol. The molecule has 0 radical (unpaired) electrons. The van der Waals surface area contributed by atoms with Crippen molar-refractivity contribution in [2.45, 2.75) is 45.3 Å². The van der Waals surface area contributed by atoms with Crippen molar-refractivity contribution in [2.24, 2.45) is 0 Å². The summed E-state index contributed by atoms with van der Waals surface area (Å²) in [5.74, 6) is -0.806. The Balaban J connectivity index is 1.38. The summed E-state index contributed by atoms with van der Waals surface area (Å²) >= 11 is 0. The van der Waals surface area contributed by atoms with Crippen LogP contribution in [0.2, 0.25) is 0 Å². The van der Waals surface area contributed by atoms with E-state index in [0.717, 1.165) is 36.2 Å². The number of rotatable bonds is 5. The molecule has 0 unspecified atom stereocenters. The van der Waals surface area contributed by atoms with E-state index in [4.69, 9.17) is 4.74 Å². The topological polar surface area (TPSA) is 73.2 Å². The van der Waals surface area contributed by atoms with Crippen LogP contribution in [0.1, 0.15) is 53.0 Å². The molecular weight excluding hydrogens is 378 g/mol. The summed E-state index contributed by atoms with van der Waals surface area (Å²) in [5, 5.41) is 7.29. The van der Waals surface area contributed by atoms with Crippen LogP contribution in [0.3, 0.4) is 0 Å². The summed E-state index contributed by atoms with van der Waals surface area (Å²) in [7, 11) is 0. The second-order valence-corrected chi connectivity index (χ2v) is 7.63. The molecule has 0 spiro atoms. The standard InChI is InChI=1S/C24H25N3O3/c1-16-14-15-25-27(16)20-12-10-19(11-13-20)24(29)30-17(2)23(28)26-22-9-5-7-18-6-3-4-8-21(18)22/h3-4,6,8,10-15,17,22H,5,7,9H2,1-2H3,(H,26,28)/t17-,22+/m1/s1. The first kappa shape index (κ1) is 19.9. The number of ether oxygens (including phenoxy) is 1. The number of fused-ring (bicyclic) bond motifs is 1. The Morgan fingerprint density at radius 3 is 2.63 bits per heavy atom. The monoisotopic (exact) mass is 403 g/mol. The lowest BCUT2D eigenvalue weighted by atomic mass is 9.87. The zero-order chi connectivity index (χ0) is 21.1. The largest absolute Gasteiger partial charge is 0.449 e. The fraction of sp³-hybridized carbons (Fsp3) is 0.292. The third-order valence-electron chi connectivity index (χ3n) is 5.52. The van der Waals surface area contributed by atoms with Gasteiger partial charge >= 0.3 is 5.97 Å². The van der Waals surface area contributed by atoms with Gasteiger partial charge in [-0.1, -0.05) is 24.3 Å². The van der Waals surface area contributed by atoms with Crippen LogP contribution in [0, 0.1) is 6.92 Å². The van der Waals surface area contributed by atoms with E-state index in [-0.39, 0.29) is 11.9 Å². The number of amides is 1. The smallest absolute Gasteiger partial charge is 0.338 e. The van der Waals surface area contributed by atoms with E-state index in [1.165, 1.54) is 5.56 Å². The summed E-state index contributed by atoms with van der Waals surface area (Å²) < 4.78 is 7.19. The molecule has 2 aromatic carbocycles. The van der Waals surface area contributed by atoms with Crippen molar-refractivity contribution in [3.05, 3.63) is 83.2 Å². The number of esters is 1. The number of aryl methyl sites for hydroxylation is 2. The molecule has 30 heavy (non-hydrogen) atoms. The van der Waals surface area contributed by atoms with Gasteiger partial charge in [0.05, 0.1) is 17.3 Å². The molecule has 0 bridgehead atoms. The molecule has 1 aliphatic rings. The molecule has 6 nitrogen and oxygen atoms in total. The third-order valence-corrected chi connectivity index (χ3v) is 5.52. The molecule has 154 valence electrons. The van der Waals surface area contributed by atoms with Crippen molar-refractivity contribution in [3.8, 4) is 5.69 Å². The first-order valence-corrected chi connectivity index (χ1v) is 10.2. The van der Waals surface area contributed by atoms with Gasteiger partial charge in [0.15, 0.2) is 6.10 Å². The van der Waals surface area contributed by atoms with Crippen LogP contribution in [-0.4, -0.2) is 27.8 Å². The molecule has 6 heteroatoms. The zero-order valence-electron chi connectivity index (χ0n) is 17.2. The van der Waals surface area contributed by atoms with Crippen LogP contribution in [0.5, 0.6) is 0 Å². The number of hydrogen-bond donors (Lipinski definition) is 1. The molecule has 1 aromatic heterocycles. The van der Waals surface area contributed by atoms with E-state index < -0.39 is 12.1 Å². The van der Waals surface area contributed by atoms with Crippen molar-refractivity contribution in [1.82, 2.24) is 15.1 Å². The van der Waals surface area contributed by atoms with Gasteiger partial charge in [0.2, 0.25) is 0 Å². The Bertz CT molecular complexity index is 1060. The Hall–Kier alpha value is -3.41. The Morgan fingerprint density at radius 1 is 1.13 bits per heavy atom. The number of benzene rings is 2. The summed E-state index contributed by atoms with van der Waals surface area (Å²) in [6.45, 7) is 3.56. The fourth-order valence-electron chi connectivity index (χ4n) is 3.85. The van der Waals surface area contributed by atoms with Gasteiger partial charge in [0.25, 0.3) is 5.91 Å². The second-order valence-electron chi connectivity index (χ2n) is 7.63. The van der Waals surface area contributed by atoms with E-state index in [1.54, 1.807) is 42.1 Å². The summed E-state index contributed by atoms with van der Waals surface area (Å²) in [5.41, 5.74) is 4.67. The summed E-state index contributed by atoms with van der Waals surface area (Å²) in [6.07, 6.45) is 3.79. The van der Waals surface area contributed by atoms with Crippen molar-refractivity contribution >= 4 is 11.9 Å². The summed E-state index contributed by atoms with van der Waals surface area (Å²) in [4.78, 5) is 25.1. The SMILES string of the molecule is Cc1ccnn1-c1ccc(C(=O)O[C@H](C)C(=O)N[C@H]2CCCc3ccccc32)cc1. The highest BCUT2D eigenvalue weighted by Crippen LogP contribution is 2.29. The van der Waals surface area contributed by atoms with Gasteiger partial charge in [-0.2, -0.15) is 5.10 Å². The molecule has 1 heterocycles. The van der Waals surface area contributed by atoms with E-state index in [2.05, 4.69) is 22.5 Å². The minimum absolute atomic E-state index is 0.0415. The molecule has 4 rings (SSSR count). The predicted octanol–water partition coefficient (Wildman–Crippen LogP) is 3.92. The van der Waals surface area contributed by atoms with E-state index >= 15 is 0 Å². The number of hydrogen-bond acceptors (Lipinski definition) is 4. The van der Waals surface area contributed by atoms with Crippen molar-refractivity contribution in [2.75, 3.05) is 0 Å². The lowest BCUT2D eigenvalue weighted by Gasteiger charge is -2.27. The summed E-state index contributed by atoms with van der Waals surface area (Å²) in [6, 6.07) is 17.0. The maximum absolute atomic E-state index is 12.6. The lowest BCUT2D eigenvalue weighted by molar-refractivity contribution is -0.130. The second kappa shape index (κ2) is 8.53. The Labute approximate surface area is 175 Å². The van der Waals surface area contributed by atoms with Crippen molar-refractivity contribution < 1.29 is 14.3 Å². The first-order chi connectivity index (χ1) is 14.5. The Morgan fingerprint density at radius 2 is 1.90 bits per heavy atom. The number of aromatic nitrogens is 2. The minimum atomic E-state index is -0.875. The molecule has 1 aliphatic carbocycles. The number of nitrogens with one attached hydrogen (secondary N) is 1. The molecule has 1 amide bonds. The molecule has 2 atom stereocenters. The van der Waals surface area contributed by atoms with Crippen LogP contribution < -0.4 is 5.32 Å². The van der Waals surface area contributed by atoms with Gasteiger partial charge in [-0.15, -0.1) is 0 Å². The minimum Gasteiger partial charge on any atom is -0.449 e. The van der Waals surface area contributed by atoms with E-state index in [1.807, 2.05) is 25.1 Å². The molecule has 3 aromatic rings. The third kappa shape index (κ3) is 4.13.